The highest BCUT2D eigenvalue weighted by molar-refractivity contribution is 5.66. The minimum absolute atomic E-state index is 0.0144. The zero-order valence-electron chi connectivity index (χ0n) is 6.40. The van der Waals surface area contributed by atoms with Gasteiger partial charge < -0.3 is 9.15 Å². The molecule has 1 aliphatic rings. The third-order valence-corrected chi connectivity index (χ3v) is 1.76. The van der Waals surface area contributed by atoms with Crippen molar-refractivity contribution in [3.8, 4) is 0 Å². The third kappa shape index (κ3) is 1.23. The van der Waals surface area contributed by atoms with Crippen LogP contribution in [0.2, 0.25) is 0 Å². The van der Waals surface area contributed by atoms with Crippen LogP contribution in [0.15, 0.2) is 4.42 Å². The Labute approximate surface area is 68.7 Å². The van der Waals surface area contributed by atoms with E-state index in [0.29, 0.717) is 12.2 Å². The highest BCUT2D eigenvalue weighted by atomic mass is 16.5. The molecule has 0 bridgehead atoms. The molecule has 1 aromatic heterocycles. The number of aldehydes is 1. The third-order valence-electron chi connectivity index (χ3n) is 1.76. The van der Waals surface area contributed by atoms with Gasteiger partial charge in [-0.05, 0) is 12.8 Å². The summed E-state index contributed by atoms with van der Waals surface area (Å²) < 4.78 is 10.3. The van der Waals surface area contributed by atoms with Crippen molar-refractivity contribution < 1.29 is 13.9 Å². The van der Waals surface area contributed by atoms with Crippen LogP contribution in [-0.4, -0.2) is 23.1 Å². The van der Waals surface area contributed by atoms with Gasteiger partial charge in [0.1, 0.15) is 6.10 Å². The van der Waals surface area contributed by atoms with E-state index in [-0.39, 0.29) is 12.0 Å². The Morgan fingerprint density at radius 3 is 3.00 bits per heavy atom. The minimum atomic E-state index is -0.105. The number of carbonyl (C=O) groups excluding carboxylic acids is 1. The average Bonchev–Trinajstić information content (AvgIpc) is 2.75. The van der Waals surface area contributed by atoms with E-state index in [2.05, 4.69) is 10.2 Å². The fourth-order valence-electron chi connectivity index (χ4n) is 1.20. The van der Waals surface area contributed by atoms with Gasteiger partial charge in [-0.2, -0.15) is 0 Å². The van der Waals surface area contributed by atoms with Crippen molar-refractivity contribution in [2.45, 2.75) is 18.9 Å². The van der Waals surface area contributed by atoms with Gasteiger partial charge in [-0.1, -0.05) is 0 Å². The van der Waals surface area contributed by atoms with E-state index in [1.165, 1.54) is 0 Å². The van der Waals surface area contributed by atoms with E-state index < -0.39 is 0 Å². The van der Waals surface area contributed by atoms with Gasteiger partial charge >= 0.3 is 0 Å². The molecular weight excluding hydrogens is 160 g/mol. The standard InChI is InChI=1S/C7H8N2O3/c10-4-6-8-9-7(12-6)5-2-1-3-11-5/h4-5H,1-3H2. The van der Waals surface area contributed by atoms with Crippen LogP contribution in [0.25, 0.3) is 0 Å². The topological polar surface area (TPSA) is 65.2 Å². The average molecular weight is 168 g/mol. The number of rotatable bonds is 2. The molecule has 1 saturated heterocycles. The van der Waals surface area contributed by atoms with E-state index in [1.54, 1.807) is 0 Å². The summed E-state index contributed by atoms with van der Waals surface area (Å²) >= 11 is 0. The number of nitrogens with zero attached hydrogens (tertiary/aromatic N) is 2. The van der Waals surface area contributed by atoms with Gasteiger partial charge in [-0.3, -0.25) is 4.79 Å². The van der Waals surface area contributed by atoms with Gasteiger partial charge in [0.15, 0.2) is 0 Å². The lowest BCUT2D eigenvalue weighted by atomic mass is 10.2. The maximum atomic E-state index is 10.2. The van der Waals surface area contributed by atoms with Crippen LogP contribution in [-0.2, 0) is 4.74 Å². The monoisotopic (exact) mass is 168 g/mol. The number of hydrogen-bond acceptors (Lipinski definition) is 5. The molecule has 12 heavy (non-hydrogen) atoms. The lowest BCUT2D eigenvalue weighted by molar-refractivity contribution is 0.0870. The molecule has 1 fully saturated rings. The Kier molecular flexibility index (Phi) is 1.87. The molecular formula is C7H8N2O3. The molecule has 64 valence electrons. The molecule has 0 radical (unpaired) electrons. The number of aromatic nitrogens is 2. The van der Waals surface area contributed by atoms with Gasteiger partial charge in [0.05, 0.1) is 0 Å². The zero-order valence-corrected chi connectivity index (χ0v) is 6.40. The van der Waals surface area contributed by atoms with Crippen LogP contribution in [0.4, 0.5) is 0 Å². The first kappa shape index (κ1) is 7.42. The molecule has 1 aliphatic heterocycles. The number of hydrogen-bond donors (Lipinski definition) is 0. The van der Waals surface area contributed by atoms with Gasteiger partial charge in [0.2, 0.25) is 12.2 Å². The predicted molar refractivity (Wildman–Crippen MR) is 37.6 cm³/mol. The smallest absolute Gasteiger partial charge is 0.280 e. The van der Waals surface area contributed by atoms with Gasteiger partial charge in [-0.15, -0.1) is 10.2 Å². The number of carbonyl (C=O) groups is 1. The first-order chi connectivity index (χ1) is 5.90. The molecule has 5 nitrogen and oxygen atoms in total. The van der Waals surface area contributed by atoms with Gasteiger partial charge in [-0.25, -0.2) is 0 Å². The molecule has 0 amide bonds. The Morgan fingerprint density at radius 2 is 2.42 bits per heavy atom. The SMILES string of the molecule is O=Cc1nnc(C2CCCO2)o1. The van der Waals surface area contributed by atoms with Crippen LogP contribution in [0, 0.1) is 0 Å². The molecule has 0 aliphatic carbocycles. The Balaban J connectivity index is 2.16. The van der Waals surface area contributed by atoms with Crippen LogP contribution >= 0.6 is 0 Å². The molecule has 0 aromatic carbocycles. The highest BCUT2D eigenvalue weighted by Crippen LogP contribution is 2.26. The summed E-state index contributed by atoms with van der Waals surface area (Å²) in [7, 11) is 0. The van der Waals surface area contributed by atoms with Crippen LogP contribution in [0.3, 0.4) is 0 Å². The largest absolute Gasteiger partial charge is 0.416 e. The fraction of sp³-hybridized carbons (Fsp3) is 0.571. The summed E-state index contributed by atoms with van der Waals surface area (Å²) in [5, 5.41) is 7.21. The van der Waals surface area contributed by atoms with Crippen LogP contribution in [0.1, 0.15) is 35.5 Å². The first-order valence-electron chi connectivity index (χ1n) is 3.80. The summed E-state index contributed by atoms with van der Waals surface area (Å²) in [5.41, 5.74) is 0. The molecule has 2 rings (SSSR count). The van der Waals surface area contributed by atoms with Crippen molar-refractivity contribution in [2.24, 2.45) is 0 Å². The molecule has 2 heterocycles. The van der Waals surface area contributed by atoms with Gasteiger partial charge in [0.25, 0.3) is 5.89 Å². The lowest BCUT2D eigenvalue weighted by Gasteiger charge is -2.00. The van der Waals surface area contributed by atoms with Crippen LogP contribution in [0.5, 0.6) is 0 Å². The summed E-state index contributed by atoms with van der Waals surface area (Å²) in [5.74, 6) is 0.426. The lowest BCUT2D eigenvalue weighted by Crippen LogP contribution is -1.95. The summed E-state index contributed by atoms with van der Waals surface area (Å²) in [6.07, 6.45) is 2.32. The Bertz CT molecular complexity index is 278. The summed E-state index contributed by atoms with van der Waals surface area (Å²) in [4.78, 5) is 10.2. The number of ether oxygens (including phenoxy) is 1. The summed E-state index contributed by atoms with van der Waals surface area (Å²) in [6.45, 7) is 0.726. The molecule has 0 N–H and O–H groups in total. The van der Waals surface area contributed by atoms with Crippen LogP contribution < -0.4 is 0 Å². The predicted octanol–water partition coefficient (Wildman–Crippen LogP) is 0.734. The van der Waals surface area contributed by atoms with E-state index in [4.69, 9.17) is 9.15 Å². The highest BCUT2D eigenvalue weighted by Gasteiger charge is 2.23. The minimum Gasteiger partial charge on any atom is -0.416 e. The first-order valence-corrected chi connectivity index (χ1v) is 3.80. The van der Waals surface area contributed by atoms with Crippen molar-refractivity contribution in [1.29, 1.82) is 0 Å². The van der Waals surface area contributed by atoms with Crippen molar-refractivity contribution >= 4 is 6.29 Å². The van der Waals surface area contributed by atoms with E-state index in [9.17, 15) is 4.79 Å². The van der Waals surface area contributed by atoms with E-state index >= 15 is 0 Å². The quantitative estimate of drug-likeness (QED) is 0.609. The summed E-state index contributed by atoms with van der Waals surface area (Å²) in [6, 6.07) is 0. The molecule has 0 spiro atoms. The normalized spacial score (nSPS) is 22.8. The van der Waals surface area contributed by atoms with Crippen molar-refractivity contribution in [1.82, 2.24) is 10.2 Å². The Hall–Kier alpha value is -1.23. The van der Waals surface area contributed by atoms with Crippen molar-refractivity contribution in [3.63, 3.8) is 0 Å². The molecule has 0 saturated carbocycles. The second-order valence-corrected chi connectivity index (χ2v) is 2.60. The van der Waals surface area contributed by atoms with Crippen molar-refractivity contribution in [3.05, 3.63) is 11.8 Å². The van der Waals surface area contributed by atoms with E-state index in [1.807, 2.05) is 0 Å². The second-order valence-electron chi connectivity index (χ2n) is 2.60. The molecule has 1 aromatic rings. The molecule has 1 unspecified atom stereocenters. The molecule has 5 heteroatoms. The Morgan fingerprint density at radius 1 is 1.50 bits per heavy atom. The van der Waals surface area contributed by atoms with Gasteiger partial charge in [0, 0.05) is 6.61 Å². The fourth-order valence-corrected chi connectivity index (χ4v) is 1.20. The van der Waals surface area contributed by atoms with Crippen molar-refractivity contribution in [2.75, 3.05) is 6.61 Å². The zero-order chi connectivity index (χ0) is 8.39. The van der Waals surface area contributed by atoms with E-state index in [0.717, 1.165) is 19.4 Å². The molecule has 1 atom stereocenters. The maximum absolute atomic E-state index is 10.2. The maximum Gasteiger partial charge on any atom is 0.280 e. The second kappa shape index (κ2) is 3.02.